The second-order valence-corrected chi connectivity index (χ2v) is 9.63. The van der Waals surface area contributed by atoms with Gasteiger partial charge in [-0.15, -0.1) is 0 Å². The quantitative estimate of drug-likeness (QED) is 0.131. The average Bonchev–Trinajstić information content (AvgIpc) is 3.10. The molecule has 0 amide bonds. The van der Waals surface area contributed by atoms with E-state index in [1.807, 2.05) is 0 Å². The summed E-state index contributed by atoms with van der Waals surface area (Å²) in [4.78, 5) is 0. The minimum Gasteiger partial charge on any atom is -0.237 e. The fourth-order valence-electron chi connectivity index (χ4n) is 4.62. The summed E-state index contributed by atoms with van der Waals surface area (Å²) in [6, 6.07) is 0. The zero-order valence-electron chi connectivity index (χ0n) is 21.1. The van der Waals surface area contributed by atoms with Gasteiger partial charge in [-0.25, -0.2) is 9.13 Å². The fourth-order valence-corrected chi connectivity index (χ4v) is 4.62. The van der Waals surface area contributed by atoms with Gasteiger partial charge >= 0.3 is 0 Å². The van der Waals surface area contributed by atoms with E-state index in [9.17, 15) is 0 Å². The van der Waals surface area contributed by atoms with Crippen LogP contribution >= 0.6 is 0 Å². The summed E-state index contributed by atoms with van der Waals surface area (Å²) < 4.78 is 4.86. The summed E-state index contributed by atoms with van der Waals surface area (Å²) >= 11 is 0. The predicted molar refractivity (Wildman–Crippen MR) is 133 cm³/mol. The molecule has 0 fully saturated rings. The molecule has 0 aliphatic heterocycles. The molecule has 1 rings (SSSR count). The van der Waals surface area contributed by atoms with Crippen LogP contribution in [0.4, 0.5) is 0 Å². The van der Waals surface area contributed by atoms with Crippen LogP contribution in [0, 0.1) is 0 Å². The van der Waals surface area contributed by atoms with Crippen LogP contribution in [0.1, 0.15) is 148 Å². The molecule has 0 aliphatic carbocycles. The Morgan fingerprint density at radius 3 is 1.43 bits per heavy atom. The maximum absolute atomic E-state index is 2.52. The van der Waals surface area contributed by atoms with Crippen molar-refractivity contribution >= 4 is 0 Å². The number of hydrogen-bond donors (Lipinski definition) is 0. The Morgan fingerprint density at radius 2 is 0.967 bits per heavy atom. The summed E-state index contributed by atoms with van der Waals surface area (Å²) in [5, 5.41) is 0. The lowest BCUT2D eigenvalue weighted by atomic mass is 10.0. The van der Waals surface area contributed by atoms with Crippen molar-refractivity contribution in [3.8, 4) is 0 Å². The van der Waals surface area contributed by atoms with E-state index in [2.05, 4.69) is 42.4 Å². The molecule has 0 aliphatic rings. The first-order valence-electron chi connectivity index (χ1n) is 13.8. The number of imidazole rings is 1. The highest BCUT2D eigenvalue weighted by atomic mass is 15.1. The van der Waals surface area contributed by atoms with Gasteiger partial charge in [0, 0.05) is 6.42 Å². The topological polar surface area (TPSA) is 8.81 Å². The Morgan fingerprint density at radius 1 is 0.567 bits per heavy atom. The molecule has 0 spiro atoms. The van der Waals surface area contributed by atoms with Crippen LogP contribution < -0.4 is 4.57 Å². The molecule has 2 heteroatoms. The van der Waals surface area contributed by atoms with Crippen molar-refractivity contribution in [3.05, 3.63) is 18.2 Å². The molecule has 0 N–H and O–H groups in total. The first-order chi connectivity index (χ1) is 14.8. The van der Waals surface area contributed by atoms with E-state index in [1.165, 1.54) is 147 Å². The van der Waals surface area contributed by atoms with Gasteiger partial charge in [-0.3, -0.25) is 0 Å². The van der Waals surface area contributed by atoms with Crippen molar-refractivity contribution < 1.29 is 4.57 Å². The second-order valence-electron chi connectivity index (χ2n) is 9.63. The van der Waals surface area contributed by atoms with E-state index in [4.69, 9.17) is 0 Å². The Bertz CT molecular complexity index is 477. The lowest BCUT2D eigenvalue weighted by Crippen LogP contribution is -2.32. The molecule has 2 nitrogen and oxygen atoms in total. The standard InChI is InChI=1S/C28H55N2/c1-4-6-8-10-12-13-14-15-16-17-18-19-20-22-24-28-29(3)26-27-30(28)25-23-21-11-9-7-5-2/h26-27H,4-25H2,1-3H3/q+1. The van der Waals surface area contributed by atoms with E-state index < -0.39 is 0 Å². The van der Waals surface area contributed by atoms with Crippen LogP contribution in [0.15, 0.2) is 12.4 Å². The van der Waals surface area contributed by atoms with E-state index in [0.717, 1.165) is 0 Å². The fraction of sp³-hybridized carbons (Fsp3) is 0.893. The molecule has 0 saturated heterocycles. The van der Waals surface area contributed by atoms with Crippen molar-refractivity contribution in [2.75, 3.05) is 0 Å². The smallest absolute Gasteiger partial charge is 0.237 e. The van der Waals surface area contributed by atoms with Crippen LogP contribution in [-0.2, 0) is 20.0 Å². The maximum atomic E-state index is 2.52. The van der Waals surface area contributed by atoms with Gasteiger partial charge in [0.05, 0.1) is 13.6 Å². The Hall–Kier alpha value is -0.790. The lowest BCUT2D eigenvalue weighted by molar-refractivity contribution is -0.678. The van der Waals surface area contributed by atoms with Gasteiger partial charge in [0.1, 0.15) is 12.4 Å². The molecule has 1 aromatic rings. The maximum Gasteiger partial charge on any atom is 0.256 e. The third-order valence-corrected chi connectivity index (χ3v) is 6.72. The molecule has 0 radical (unpaired) electrons. The van der Waals surface area contributed by atoms with Gasteiger partial charge in [-0.1, -0.05) is 123 Å². The first kappa shape index (κ1) is 27.2. The molecule has 1 heterocycles. The van der Waals surface area contributed by atoms with Crippen molar-refractivity contribution in [2.45, 2.75) is 155 Å². The van der Waals surface area contributed by atoms with Crippen LogP contribution in [0.3, 0.4) is 0 Å². The van der Waals surface area contributed by atoms with Crippen molar-refractivity contribution in [2.24, 2.45) is 7.05 Å². The Balaban J connectivity index is 1.97. The van der Waals surface area contributed by atoms with Gasteiger partial charge < -0.3 is 0 Å². The summed E-state index contributed by atoms with van der Waals surface area (Å²) in [5.74, 6) is 1.53. The first-order valence-corrected chi connectivity index (χ1v) is 13.8. The zero-order valence-corrected chi connectivity index (χ0v) is 21.1. The molecule has 0 atom stereocenters. The predicted octanol–water partition coefficient (Wildman–Crippen LogP) is 8.70. The molecular weight excluding hydrogens is 364 g/mol. The van der Waals surface area contributed by atoms with Crippen molar-refractivity contribution in [1.29, 1.82) is 0 Å². The third-order valence-electron chi connectivity index (χ3n) is 6.72. The average molecular weight is 420 g/mol. The number of aryl methyl sites for hydroxylation is 2. The van der Waals surface area contributed by atoms with Gasteiger partial charge in [0.15, 0.2) is 0 Å². The summed E-state index contributed by atoms with van der Waals surface area (Å²) in [6.07, 6.45) is 34.2. The molecule has 1 aromatic heterocycles. The van der Waals surface area contributed by atoms with Gasteiger partial charge in [-0.2, -0.15) is 0 Å². The van der Waals surface area contributed by atoms with Crippen LogP contribution in [0.25, 0.3) is 0 Å². The molecule has 0 saturated carbocycles. The van der Waals surface area contributed by atoms with Crippen molar-refractivity contribution in [3.63, 3.8) is 0 Å². The van der Waals surface area contributed by atoms with Crippen LogP contribution in [-0.4, -0.2) is 4.57 Å². The van der Waals surface area contributed by atoms with E-state index in [0.29, 0.717) is 0 Å². The Kier molecular flexibility index (Phi) is 18.3. The number of unbranched alkanes of at least 4 members (excludes halogenated alkanes) is 18. The third kappa shape index (κ3) is 14.3. The highest BCUT2D eigenvalue weighted by molar-refractivity contribution is 4.84. The zero-order chi connectivity index (χ0) is 21.7. The lowest BCUT2D eigenvalue weighted by Gasteiger charge is -2.05. The van der Waals surface area contributed by atoms with Crippen molar-refractivity contribution in [1.82, 2.24) is 4.57 Å². The van der Waals surface area contributed by atoms with Gasteiger partial charge in [0.2, 0.25) is 0 Å². The molecule has 0 bridgehead atoms. The highest BCUT2D eigenvalue weighted by Gasteiger charge is 2.13. The van der Waals surface area contributed by atoms with E-state index >= 15 is 0 Å². The highest BCUT2D eigenvalue weighted by Crippen LogP contribution is 2.14. The number of hydrogen-bond acceptors (Lipinski definition) is 0. The van der Waals surface area contributed by atoms with Crippen LogP contribution in [0.2, 0.25) is 0 Å². The SMILES string of the molecule is CCCCCCCCCCCCCCCCc1n(CCCCCCCC)cc[n+]1C. The number of rotatable bonds is 22. The minimum absolute atomic E-state index is 1.21. The summed E-state index contributed by atoms with van der Waals surface area (Å²) in [6.45, 7) is 5.80. The Labute approximate surface area is 189 Å². The second kappa shape index (κ2) is 20.1. The van der Waals surface area contributed by atoms with E-state index in [1.54, 1.807) is 0 Å². The molecule has 30 heavy (non-hydrogen) atoms. The van der Waals surface area contributed by atoms with Crippen LogP contribution in [0.5, 0.6) is 0 Å². The summed E-state index contributed by atoms with van der Waals surface area (Å²) in [5.41, 5.74) is 0. The largest absolute Gasteiger partial charge is 0.256 e. The number of aromatic nitrogens is 2. The molecule has 0 unspecified atom stereocenters. The van der Waals surface area contributed by atoms with Gasteiger partial charge in [-0.05, 0) is 19.3 Å². The molecule has 176 valence electrons. The van der Waals surface area contributed by atoms with Gasteiger partial charge in [0.25, 0.3) is 5.82 Å². The van der Waals surface area contributed by atoms with E-state index in [-0.39, 0.29) is 0 Å². The normalized spacial score (nSPS) is 11.4. The molecular formula is C28H55N2+. The summed E-state index contributed by atoms with van der Waals surface area (Å²) in [7, 11) is 2.22. The minimum atomic E-state index is 1.21. The monoisotopic (exact) mass is 419 g/mol. The molecule has 0 aromatic carbocycles. The number of nitrogens with zero attached hydrogens (tertiary/aromatic N) is 2.